The summed E-state index contributed by atoms with van der Waals surface area (Å²) in [7, 11) is 0. The molecular weight excluding hydrogens is 896 g/mol. The van der Waals surface area contributed by atoms with E-state index in [1.54, 1.807) is 11.8 Å². The second-order valence-electron chi connectivity index (χ2n) is 17.7. The molecule has 0 saturated heterocycles. The van der Waals surface area contributed by atoms with E-state index in [9.17, 15) is 2.74 Å². The summed E-state index contributed by atoms with van der Waals surface area (Å²) in [5.41, 5.74) is 13.4. The van der Waals surface area contributed by atoms with Crippen LogP contribution in [0.4, 0.5) is 0 Å². The summed E-state index contributed by atoms with van der Waals surface area (Å²) in [5.74, 6) is 0.235. The number of nitrogens with zero attached hydrogens (tertiary/aromatic N) is 4. The van der Waals surface area contributed by atoms with E-state index in [-0.39, 0.29) is 32.4 Å². The second-order valence-corrected chi connectivity index (χ2v) is 19.1. The summed E-state index contributed by atoms with van der Waals surface area (Å²) in [6.07, 6.45) is 0.228. The van der Waals surface area contributed by atoms with Gasteiger partial charge in [-0.3, -0.25) is 0 Å². The summed E-state index contributed by atoms with van der Waals surface area (Å²) in [4.78, 5) is 10.3. The van der Waals surface area contributed by atoms with Crippen LogP contribution < -0.4 is 0 Å². The molecule has 0 N–H and O–H groups in total. The van der Waals surface area contributed by atoms with Crippen LogP contribution in [0.25, 0.3) is 55.1 Å². The van der Waals surface area contributed by atoms with Crippen LogP contribution in [0, 0.1) is 32.9 Å². The third kappa shape index (κ3) is 5.59. The standard InChI is InChI=1S/C51H48N4S.Pt/c1-29(2)33-23-34(48-53-50(9)28-42-32(5)31(4)14-18-43(42)51(50,10)56-48)25-37(24-33)54-44-19-13-30(3)22-40(44)38-17-16-36(27-46(38)54)55-45-20-15-35(49(6,7)8)26-41(45)39-12-11-21-52-47(39)55;/h11-24,26,29H,28H2,1-10H3;/q-2;+2/t50-,51+;/m1./s1/i28D2;. The first-order valence-corrected chi connectivity index (χ1v) is 20.6. The summed E-state index contributed by atoms with van der Waals surface area (Å²) in [6, 6.07) is 38.6. The number of aryl methyl sites for hydroxylation is 2. The average Bonchev–Trinajstić information content (AvgIpc) is 3.82. The molecule has 3 aromatic heterocycles. The maximum absolute atomic E-state index is 9.61. The van der Waals surface area contributed by atoms with Crippen molar-refractivity contribution in [3.8, 4) is 11.4 Å². The number of fused-ring (bicyclic) bond motifs is 9. The van der Waals surface area contributed by atoms with E-state index in [2.05, 4.69) is 162 Å². The number of benzene rings is 5. The monoisotopic (exact) mass is 945 g/mol. The number of hydrogen-bond acceptors (Lipinski definition) is 3. The Morgan fingerprint density at radius 3 is 2.33 bits per heavy atom. The van der Waals surface area contributed by atoms with Crippen molar-refractivity contribution < 1.29 is 23.8 Å². The first kappa shape index (κ1) is 35.7. The van der Waals surface area contributed by atoms with E-state index >= 15 is 0 Å². The maximum Gasteiger partial charge on any atom is 2.00 e. The molecule has 10 rings (SSSR count). The number of pyridine rings is 1. The third-order valence-electron chi connectivity index (χ3n) is 12.6. The minimum atomic E-state index is -1.65. The van der Waals surface area contributed by atoms with Crippen molar-refractivity contribution in [3.63, 3.8) is 0 Å². The third-order valence-corrected chi connectivity index (χ3v) is 14.2. The predicted molar refractivity (Wildman–Crippen MR) is 238 cm³/mol. The van der Waals surface area contributed by atoms with Gasteiger partial charge in [0.25, 0.3) is 0 Å². The van der Waals surface area contributed by atoms with Gasteiger partial charge < -0.3 is 14.1 Å². The van der Waals surface area contributed by atoms with Crippen molar-refractivity contribution in [1.29, 1.82) is 0 Å². The molecule has 1 aliphatic carbocycles. The summed E-state index contributed by atoms with van der Waals surface area (Å²) in [6.45, 7) is 21.7. The zero-order chi connectivity index (χ0) is 40.8. The van der Waals surface area contributed by atoms with E-state index in [1.165, 1.54) is 22.1 Å². The van der Waals surface area contributed by atoms with Crippen LogP contribution in [-0.4, -0.2) is 24.7 Å². The van der Waals surface area contributed by atoms with Gasteiger partial charge in [-0.15, -0.1) is 58.6 Å². The molecule has 4 heterocycles. The topological polar surface area (TPSA) is 35.1 Å². The Kier molecular flexibility index (Phi) is 8.16. The number of hydrogen-bond donors (Lipinski definition) is 0. The van der Waals surface area contributed by atoms with E-state index in [4.69, 9.17) is 9.98 Å². The zero-order valence-electron chi connectivity index (χ0n) is 36.3. The van der Waals surface area contributed by atoms with Crippen LogP contribution in [0.15, 0.2) is 96.1 Å². The molecule has 57 heavy (non-hydrogen) atoms. The first-order chi connectivity index (χ1) is 27.4. The van der Waals surface area contributed by atoms with Gasteiger partial charge in [-0.25, -0.2) is 4.98 Å². The van der Waals surface area contributed by atoms with Gasteiger partial charge >= 0.3 is 21.1 Å². The molecule has 4 nitrogen and oxygen atoms in total. The molecule has 0 spiro atoms. The molecular formula is C51H48N4PtS. The van der Waals surface area contributed by atoms with Gasteiger partial charge in [-0.05, 0) is 122 Å². The molecule has 6 heteroatoms. The van der Waals surface area contributed by atoms with Gasteiger partial charge in [-0.2, -0.15) is 6.07 Å². The Bertz CT molecular complexity index is 3110. The van der Waals surface area contributed by atoms with E-state index in [0.717, 1.165) is 82.6 Å². The van der Waals surface area contributed by atoms with Crippen molar-refractivity contribution in [2.45, 2.75) is 97.2 Å². The largest absolute Gasteiger partial charge is 2.00 e. The number of thioether (sulfide) groups is 1. The second kappa shape index (κ2) is 13.0. The fourth-order valence-corrected chi connectivity index (χ4v) is 10.4. The first-order valence-electron chi connectivity index (χ1n) is 20.8. The number of aromatic nitrogens is 3. The molecule has 0 radical (unpaired) electrons. The van der Waals surface area contributed by atoms with Crippen molar-refractivity contribution in [1.82, 2.24) is 14.1 Å². The van der Waals surface area contributed by atoms with E-state index in [1.807, 2.05) is 19.2 Å². The van der Waals surface area contributed by atoms with Crippen molar-refractivity contribution >= 4 is 60.5 Å². The minimum absolute atomic E-state index is 0. The summed E-state index contributed by atoms with van der Waals surface area (Å²) < 4.78 is 23.2. The van der Waals surface area contributed by atoms with Crippen molar-refractivity contribution in [3.05, 3.63) is 148 Å². The average molecular weight is 946 g/mol. The van der Waals surface area contributed by atoms with Crippen molar-refractivity contribution in [2.24, 2.45) is 4.99 Å². The Morgan fingerprint density at radius 1 is 0.807 bits per heavy atom. The SMILES string of the molecule is [2H]C1([2H])c2c(ccc(C)c2C)[C@]2(C)SC(c3[c-]c(-n4c5[c-]c(-n6c7ccc(C(C)(C)C)cc7c7cccnc76)ccc5c5cc(C)ccc54)cc(C(C)C)c3)=N[C@]12C.[Pt+2]. The van der Waals surface area contributed by atoms with Gasteiger partial charge in [0.15, 0.2) is 0 Å². The molecule has 8 aromatic rings. The van der Waals surface area contributed by atoms with Gasteiger partial charge in [-0.1, -0.05) is 81.7 Å². The van der Waals surface area contributed by atoms with Crippen LogP contribution in [0.2, 0.25) is 0 Å². The Morgan fingerprint density at radius 2 is 1.56 bits per heavy atom. The predicted octanol–water partition coefficient (Wildman–Crippen LogP) is 12.9. The van der Waals surface area contributed by atoms with E-state index < -0.39 is 16.7 Å². The quantitative estimate of drug-likeness (QED) is 0.165. The molecule has 2 atom stereocenters. The van der Waals surface area contributed by atoms with Gasteiger partial charge in [0, 0.05) is 30.3 Å². The normalized spacial score (nSPS) is 20.6. The fourth-order valence-electron chi connectivity index (χ4n) is 8.95. The smallest absolute Gasteiger partial charge is 0.352 e. The van der Waals surface area contributed by atoms with Crippen LogP contribution in [0.3, 0.4) is 0 Å². The van der Waals surface area contributed by atoms with Crippen molar-refractivity contribution in [2.75, 3.05) is 0 Å². The Hall–Kier alpha value is -4.44. The molecule has 288 valence electrons. The molecule has 0 amide bonds. The zero-order valence-corrected chi connectivity index (χ0v) is 37.3. The molecule has 0 fully saturated rings. The molecule has 2 aliphatic rings. The van der Waals surface area contributed by atoms with Gasteiger partial charge in [0.05, 0.1) is 15.8 Å². The molecule has 5 aromatic carbocycles. The van der Waals surface area contributed by atoms with Gasteiger partial charge in [0.1, 0.15) is 5.65 Å². The minimum Gasteiger partial charge on any atom is -0.352 e. The molecule has 0 saturated carbocycles. The van der Waals surface area contributed by atoms with Crippen LogP contribution >= 0.6 is 11.8 Å². The van der Waals surface area contributed by atoms with E-state index in [0.29, 0.717) is 0 Å². The summed E-state index contributed by atoms with van der Waals surface area (Å²) >= 11 is 1.69. The van der Waals surface area contributed by atoms with Gasteiger partial charge in [0.2, 0.25) is 0 Å². The maximum atomic E-state index is 9.61. The summed E-state index contributed by atoms with van der Waals surface area (Å²) in [5, 5.41) is 5.41. The molecule has 0 unspecified atom stereocenters. The Labute approximate surface area is 357 Å². The molecule has 1 aliphatic heterocycles. The fraction of sp³-hybridized carbons (Fsp3) is 0.294. The molecule has 0 bridgehead atoms. The number of rotatable bonds is 4. The van der Waals surface area contributed by atoms with Crippen LogP contribution in [-0.2, 0) is 37.6 Å². The number of aliphatic imine (C=N–C) groups is 1. The Balaban J connectivity index is 0.00000449. The van der Waals surface area contributed by atoms with Crippen LogP contribution in [0.1, 0.15) is 102 Å². The van der Waals surface area contributed by atoms with Crippen LogP contribution in [0.5, 0.6) is 0 Å².